The van der Waals surface area contributed by atoms with Crippen LogP contribution in [-0.2, 0) is 4.74 Å². The van der Waals surface area contributed by atoms with Gasteiger partial charge < -0.3 is 15.8 Å². The Morgan fingerprint density at radius 2 is 2.35 bits per heavy atom. The first-order valence-electron chi connectivity index (χ1n) is 6.83. The summed E-state index contributed by atoms with van der Waals surface area (Å²) in [6.07, 6.45) is 2.31. The van der Waals surface area contributed by atoms with Gasteiger partial charge in [0.2, 0.25) is 0 Å². The molecule has 4 unspecified atom stereocenters. The van der Waals surface area contributed by atoms with Crippen LogP contribution < -0.4 is 11.1 Å². The van der Waals surface area contributed by atoms with Crippen LogP contribution in [-0.4, -0.2) is 34.7 Å². The number of anilines is 1. The molecule has 1 aromatic rings. The molecule has 4 atom stereocenters. The fourth-order valence-electron chi connectivity index (χ4n) is 3.12. The molecule has 0 bridgehead atoms. The zero-order chi connectivity index (χ0) is 14.3. The predicted molar refractivity (Wildman–Crippen MR) is 73.5 cm³/mol. The lowest BCUT2D eigenvalue weighted by molar-refractivity contribution is -0.385. The molecule has 1 aromatic heterocycles. The van der Waals surface area contributed by atoms with Gasteiger partial charge in [0, 0.05) is 24.6 Å². The van der Waals surface area contributed by atoms with E-state index in [9.17, 15) is 10.1 Å². The standard InChI is InChI=1S/C13H18N4O3/c1-7-9(17(18)19)4-5-10(15-7)16-12-11(14)8-3-2-6-20-13(8)12/h4-5,8,11-13H,2-3,6,14H2,1H3,(H,15,16). The minimum Gasteiger partial charge on any atom is -0.376 e. The topological polar surface area (TPSA) is 103 Å². The average Bonchev–Trinajstić information content (AvgIpc) is 2.44. The number of pyridine rings is 1. The van der Waals surface area contributed by atoms with Crippen molar-refractivity contribution in [2.24, 2.45) is 11.7 Å². The van der Waals surface area contributed by atoms with Crippen LogP contribution in [0.4, 0.5) is 11.5 Å². The van der Waals surface area contributed by atoms with Gasteiger partial charge in [-0.05, 0) is 25.8 Å². The third-order valence-corrected chi connectivity index (χ3v) is 4.25. The van der Waals surface area contributed by atoms with Gasteiger partial charge >= 0.3 is 0 Å². The number of aromatic nitrogens is 1. The summed E-state index contributed by atoms with van der Waals surface area (Å²) in [6, 6.07) is 3.17. The van der Waals surface area contributed by atoms with Crippen molar-refractivity contribution in [3.8, 4) is 0 Å². The van der Waals surface area contributed by atoms with E-state index in [2.05, 4.69) is 10.3 Å². The minimum absolute atomic E-state index is 0.0280. The number of ether oxygens (including phenoxy) is 1. The summed E-state index contributed by atoms with van der Waals surface area (Å²) < 4.78 is 5.75. The maximum atomic E-state index is 10.8. The van der Waals surface area contributed by atoms with E-state index in [0.717, 1.165) is 19.4 Å². The third kappa shape index (κ3) is 2.12. The van der Waals surface area contributed by atoms with E-state index in [-0.39, 0.29) is 23.9 Å². The molecule has 3 N–H and O–H groups in total. The normalized spacial score (nSPS) is 32.1. The molecule has 1 aliphatic carbocycles. The fourth-order valence-corrected chi connectivity index (χ4v) is 3.12. The number of hydrogen-bond donors (Lipinski definition) is 2. The summed E-state index contributed by atoms with van der Waals surface area (Å²) in [4.78, 5) is 14.6. The number of rotatable bonds is 3. The molecule has 2 heterocycles. The number of aryl methyl sites for hydroxylation is 1. The van der Waals surface area contributed by atoms with Crippen LogP contribution in [0, 0.1) is 23.0 Å². The first-order valence-corrected chi connectivity index (χ1v) is 6.83. The highest BCUT2D eigenvalue weighted by Gasteiger charge is 2.50. The smallest absolute Gasteiger partial charge is 0.290 e. The van der Waals surface area contributed by atoms with E-state index in [4.69, 9.17) is 10.5 Å². The number of nitrogens with one attached hydrogen (secondary N) is 1. The maximum Gasteiger partial charge on any atom is 0.290 e. The fraction of sp³-hybridized carbons (Fsp3) is 0.615. The Balaban J connectivity index is 1.72. The monoisotopic (exact) mass is 278 g/mol. The molecule has 0 spiro atoms. The van der Waals surface area contributed by atoms with E-state index < -0.39 is 4.92 Å². The maximum absolute atomic E-state index is 10.8. The van der Waals surface area contributed by atoms with Crippen molar-refractivity contribution in [3.05, 3.63) is 27.9 Å². The second kappa shape index (κ2) is 4.99. The molecule has 0 amide bonds. The summed E-state index contributed by atoms with van der Waals surface area (Å²) in [6.45, 7) is 2.41. The molecule has 7 nitrogen and oxygen atoms in total. The van der Waals surface area contributed by atoms with Gasteiger partial charge in [-0.25, -0.2) is 4.98 Å². The average molecular weight is 278 g/mol. The minimum atomic E-state index is -0.429. The molecule has 108 valence electrons. The van der Waals surface area contributed by atoms with Gasteiger partial charge in [0.1, 0.15) is 11.5 Å². The summed E-state index contributed by atoms with van der Waals surface area (Å²) in [5.74, 6) is 1.03. The number of nitrogens with two attached hydrogens (primary N) is 1. The van der Waals surface area contributed by atoms with E-state index in [1.807, 2.05) is 0 Å². The molecule has 3 rings (SSSR count). The third-order valence-electron chi connectivity index (χ3n) is 4.25. The molecule has 7 heteroatoms. The zero-order valence-electron chi connectivity index (χ0n) is 11.3. The highest BCUT2D eigenvalue weighted by atomic mass is 16.6. The Bertz CT molecular complexity index is 536. The lowest BCUT2D eigenvalue weighted by atomic mass is 9.68. The first-order chi connectivity index (χ1) is 9.58. The Hall–Kier alpha value is -1.73. The number of nitrogens with zero attached hydrogens (tertiary/aromatic N) is 2. The van der Waals surface area contributed by atoms with E-state index in [0.29, 0.717) is 17.4 Å². The molecule has 1 aliphatic heterocycles. The molecule has 1 saturated carbocycles. The van der Waals surface area contributed by atoms with Crippen LogP contribution in [0.15, 0.2) is 12.1 Å². The summed E-state index contributed by atoms with van der Waals surface area (Å²) in [7, 11) is 0. The molecule has 0 aromatic carbocycles. The van der Waals surface area contributed by atoms with Gasteiger partial charge in [-0.2, -0.15) is 0 Å². The van der Waals surface area contributed by atoms with Gasteiger partial charge in [-0.15, -0.1) is 0 Å². The Morgan fingerprint density at radius 1 is 1.55 bits per heavy atom. The van der Waals surface area contributed by atoms with Crippen molar-refractivity contribution in [3.63, 3.8) is 0 Å². The van der Waals surface area contributed by atoms with Crippen molar-refractivity contribution in [2.75, 3.05) is 11.9 Å². The first kappa shape index (κ1) is 13.3. The second-order valence-corrected chi connectivity index (χ2v) is 5.45. The SMILES string of the molecule is Cc1nc(NC2C(N)C3CCCOC32)ccc1[N+](=O)[O-]. The van der Waals surface area contributed by atoms with Gasteiger partial charge in [-0.3, -0.25) is 10.1 Å². The molecule has 0 radical (unpaired) electrons. The van der Waals surface area contributed by atoms with Crippen LogP contribution in [0.25, 0.3) is 0 Å². The summed E-state index contributed by atoms with van der Waals surface area (Å²) in [5, 5.41) is 14.0. The van der Waals surface area contributed by atoms with E-state index in [1.165, 1.54) is 6.07 Å². The van der Waals surface area contributed by atoms with Crippen molar-refractivity contribution < 1.29 is 9.66 Å². The zero-order valence-corrected chi connectivity index (χ0v) is 11.3. The molecule has 20 heavy (non-hydrogen) atoms. The highest BCUT2D eigenvalue weighted by Crippen LogP contribution is 2.38. The van der Waals surface area contributed by atoms with Gasteiger partial charge in [0.15, 0.2) is 0 Å². The van der Waals surface area contributed by atoms with Crippen molar-refractivity contribution in [2.45, 2.75) is 38.0 Å². The van der Waals surface area contributed by atoms with Crippen molar-refractivity contribution in [1.82, 2.24) is 4.98 Å². The van der Waals surface area contributed by atoms with Gasteiger partial charge in [0.05, 0.1) is 17.1 Å². The van der Waals surface area contributed by atoms with Crippen LogP contribution >= 0.6 is 0 Å². The van der Waals surface area contributed by atoms with Crippen LogP contribution in [0.5, 0.6) is 0 Å². The largest absolute Gasteiger partial charge is 0.376 e. The summed E-state index contributed by atoms with van der Waals surface area (Å²) in [5.41, 5.74) is 6.59. The molecular formula is C13H18N4O3. The lowest BCUT2D eigenvalue weighted by Crippen LogP contribution is -2.69. The Labute approximate surface area is 116 Å². The number of fused-ring (bicyclic) bond motifs is 1. The van der Waals surface area contributed by atoms with Crippen molar-refractivity contribution >= 4 is 11.5 Å². The molecular weight excluding hydrogens is 260 g/mol. The van der Waals surface area contributed by atoms with E-state index in [1.54, 1.807) is 13.0 Å². The van der Waals surface area contributed by atoms with Crippen LogP contribution in [0.2, 0.25) is 0 Å². The highest BCUT2D eigenvalue weighted by molar-refractivity contribution is 5.46. The van der Waals surface area contributed by atoms with Crippen molar-refractivity contribution in [1.29, 1.82) is 0 Å². The van der Waals surface area contributed by atoms with Crippen LogP contribution in [0.3, 0.4) is 0 Å². The van der Waals surface area contributed by atoms with Gasteiger partial charge in [-0.1, -0.05) is 0 Å². The molecule has 2 fully saturated rings. The molecule has 2 aliphatic rings. The second-order valence-electron chi connectivity index (χ2n) is 5.45. The Morgan fingerprint density at radius 3 is 3.05 bits per heavy atom. The summed E-state index contributed by atoms with van der Waals surface area (Å²) >= 11 is 0. The molecule has 1 saturated heterocycles. The number of hydrogen-bond acceptors (Lipinski definition) is 6. The number of nitro groups is 1. The Kier molecular flexibility index (Phi) is 3.31. The van der Waals surface area contributed by atoms with Crippen LogP contribution in [0.1, 0.15) is 18.5 Å². The van der Waals surface area contributed by atoms with E-state index >= 15 is 0 Å². The predicted octanol–water partition coefficient (Wildman–Crippen LogP) is 1.21. The lowest BCUT2D eigenvalue weighted by Gasteiger charge is -2.52. The van der Waals surface area contributed by atoms with Gasteiger partial charge in [0.25, 0.3) is 5.69 Å². The quantitative estimate of drug-likeness (QED) is 0.636.